The highest BCUT2D eigenvalue weighted by molar-refractivity contribution is 5.99. The maximum Gasteiger partial charge on any atom is 0.255 e. The van der Waals surface area contributed by atoms with Crippen LogP contribution in [0.15, 0.2) is 24.3 Å². The molecule has 0 radical (unpaired) electrons. The van der Waals surface area contributed by atoms with Crippen molar-refractivity contribution in [1.29, 1.82) is 0 Å². The van der Waals surface area contributed by atoms with Gasteiger partial charge in [-0.3, -0.25) is 4.79 Å². The van der Waals surface area contributed by atoms with Crippen LogP contribution in [-0.2, 0) is 0 Å². The van der Waals surface area contributed by atoms with Crippen LogP contribution in [0.3, 0.4) is 0 Å². The molecule has 1 amide bonds. The van der Waals surface area contributed by atoms with E-state index in [0.717, 1.165) is 36.2 Å². The van der Waals surface area contributed by atoms with Gasteiger partial charge in [0, 0.05) is 25.8 Å². The van der Waals surface area contributed by atoms with Crippen LogP contribution < -0.4 is 5.32 Å². The van der Waals surface area contributed by atoms with Gasteiger partial charge in [-0.15, -0.1) is 0 Å². The number of amides is 1. The van der Waals surface area contributed by atoms with Gasteiger partial charge in [-0.05, 0) is 36.8 Å². The fraction of sp³-hybridized carbons (Fsp3) is 0.533. The number of likely N-dealkylation sites (tertiary alicyclic amines) is 1. The van der Waals surface area contributed by atoms with Gasteiger partial charge in [-0.2, -0.15) is 0 Å². The van der Waals surface area contributed by atoms with Crippen molar-refractivity contribution in [2.24, 2.45) is 11.8 Å². The third-order valence-corrected chi connectivity index (χ3v) is 4.44. The van der Waals surface area contributed by atoms with Gasteiger partial charge in [0.2, 0.25) is 0 Å². The number of fused-ring (bicyclic) bond motifs is 1. The van der Waals surface area contributed by atoms with E-state index in [4.69, 9.17) is 0 Å². The molecule has 2 atom stereocenters. The van der Waals surface area contributed by atoms with Crippen LogP contribution in [0.2, 0.25) is 0 Å². The van der Waals surface area contributed by atoms with Crippen molar-refractivity contribution in [3.05, 3.63) is 29.8 Å². The van der Waals surface area contributed by atoms with E-state index in [9.17, 15) is 4.79 Å². The van der Waals surface area contributed by atoms with Gasteiger partial charge < -0.3 is 10.2 Å². The lowest BCUT2D eigenvalue weighted by Crippen LogP contribution is -2.30. The Kier molecular flexibility index (Phi) is 2.98. The number of nitrogens with zero attached hydrogens (tertiary/aromatic N) is 1. The number of hydrogen-bond donors (Lipinski definition) is 1. The van der Waals surface area contributed by atoms with E-state index in [1.807, 2.05) is 36.2 Å². The minimum absolute atomic E-state index is 0.189. The summed E-state index contributed by atoms with van der Waals surface area (Å²) in [6.45, 7) is 1.92. The summed E-state index contributed by atoms with van der Waals surface area (Å²) in [5.41, 5.74) is 1.74. The van der Waals surface area contributed by atoms with Gasteiger partial charge in [0.25, 0.3) is 5.91 Å². The summed E-state index contributed by atoms with van der Waals surface area (Å²) < 4.78 is 0. The molecule has 2 fully saturated rings. The highest BCUT2D eigenvalue weighted by atomic mass is 16.2. The molecule has 0 aromatic heterocycles. The number of para-hydroxylation sites is 1. The molecular weight excluding hydrogens is 224 g/mol. The normalized spacial score (nSPS) is 26.2. The second kappa shape index (κ2) is 4.63. The van der Waals surface area contributed by atoms with Crippen molar-refractivity contribution in [3.8, 4) is 0 Å². The topological polar surface area (TPSA) is 32.3 Å². The first-order chi connectivity index (χ1) is 8.79. The molecular formula is C15H20N2O. The van der Waals surface area contributed by atoms with Crippen molar-refractivity contribution in [2.45, 2.75) is 19.3 Å². The first-order valence-electron chi connectivity index (χ1n) is 6.85. The molecule has 1 saturated heterocycles. The molecule has 1 aliphatic heterocycles. The quantitative estimate of drug-likeness (QED) is 0.867. The fourth-order valence-electron chi connectivity index (χ4n) is 3.46. The average Bonchev–Trinajstić information content (AvgIpc) is 2.98. The molecule has 0 spiro atoms. The summed E-state index contributed by atoms with van der Waals surface area (Å²) in [5.74, 6) is 1.71. The number of benzene rings is 1. The number of rotatable bonds is 2. The third kappa shape index (κ3) is 1.88. The number of hydrogen-bond acceptors (Lipinski definition) is 2. The van der Waals surface area contributed by atoms with Crippen LogP contribution in [0.5, 0.6) is 0 Å². The standard InChI is InChI=1S/C15H20N2O/c1-16-14-8-3-2-7-13(14)15(18)17-9-11-5-4-6-12(11)10-17/h2-3,7-8,11-12,16H,4-6,9-10H2,1H3. The molecule has 1 N–H and O–H groups in total. The largest absolute Gasteiger partial charge is 0.387 e. The molecule has 1 heterocycles. The zero-order valence-corrected chi connectivity index (χ0v) is 10.9. The van der Waals surface area contributed by atoms with Crippen LogP contribution in [0.4, 0.5) is 5.69 Å². The third-order valence-electron chi connectivity index (χ3n) is 4.44. The van der Waals surface area contributed by atoms with Crippen LogP contribution in [0, 0.1) is 11.8 Å². The maximum atomic E-state index is 12.5. The lowest BCUT2D eigenvalue weighted by Gasteiger charge is -2.19. The van der Waals surface area contributed by atoms with E-state index in [1.54, 1.807) is 0 Å². The van der Waals surface area contributed by atoms with Gasteiger partial charge in [-0.1, -0.05) is 18.6 Å². The van der Waals surface area contributed by atoms with E-state index in [0.29, 0.717) is 0 Å². The number of carbonyl (C=O) groups is 1. The molecule has 1 aliphatic carbocycles. The Morgan fingerprint density at radius 1 is 1.22 bits per heavy atom. The second-order valence-electron chi connectivity index (χ2n) is 5.46. The molecule has 3 rings (SSSR count). The van der Waals surface area contributed by atoms with Crippen LogP contribution >= 0.6 is 0 Å². The van der Waals surface area contributed by atoms with Gasteiger partial charge in [0.05, 0.1) is 5.56 Å². The summed E-state index contributed by atoms with van der Waals surface area (Å²) in [5, 5.41) is 3.10. The van der Waals surface area contributed by atoms with Gasteiger partial charge >= 0.3 is 0 Å². The van der Waals surface area contributed by atoms with Gasteiger partial charge in [0.15, 0.2) is 0 Å². The molecule has 0 bridgehead atoms. The average molecular weight is 244 g/mol. The van der Waals surface area contributed by atoms with Crippen LogP contribution in [0.1, 0.15) is 29.6 Å². The second-order valence-corrected chi connectivity index (χ2v) is 5.46. The van der Waals surface area contributed by atoms with Crippen molar-refractivity contribution in [3.63, 3.8) is 0 Å². The summed E-state index contributed by atoms with van der Waals surface area (Å²) in [4.78, 5) is 14.6. The van der Waals surface area contributed by atoms with Crippen molar-refractivity contribution in [2.75, 3.05) is 25.5 Å². The fourth-order valence-corrected chi connectivity index (χ4v) is 3.46. The molecule has 18 heavy (non-hydrogen) atoms. The van der Waals surface area contributed by atoms with Crippen molar-refractivity contribution >= 4 is 11.6 Å². The predicted octanol–water partition coefficient (Wildman–Crippen LogP) is 2.60. The Bertz CT molecular complexity index is 446. The molecule has 96 valence electrons. The molecule has 2 unspecified atom stereocenters. The highest BCUT2D eigenvalue weighted by Gasteiger charge is 2.38. The molecule has 1 aromatic rings. The summed E-state index contributed by atoms with van der Waals surface area (Å²) >= 11 is 0. The molecule has 2 aliphatic rings. The summed E-state index contributed by atoms with van der Waals surface area (Å²) in [7, 11) is 1.87. The highest BCUT2D eigenvalue weighted by Crippen LogP contribution is 2.38. The Hall–Kier alpha value is -1.51. The lowest BCUT2D eigenvalue weighted by atomic mass is 10.0. The minimum atomic E-state index is 0.189. The SMILES string of the molecule is CNc1ccccc1C(=O)N1CC2CCCC2C1. The molecule has 1 aromatic carbocycles. The number of nitrogens with one attached hydrogen (secondary N) is 1. The predicted molar refractivity (Wildman–Crippen MR) is 72.7 cm³/mol. The molecule has 3 heteroatoms. The minimum Gasteiger partial charge on any atom is -0.387 e. The number of anilines is 1. The molecule has 1 saturated carbocycles. The van der Waals surface area contributed by atoms with E-state index >= 15 is 0 Å². The zero-order valence-electron chi connectivity index (χ0n) is 10.9. The van der Waals surface area contributed by atoms with Crippen LogP contribution in [-0.4, -0.2) is 30.9 Å². The Labute approximate surface area is 108 Å². The zero-order chi connectivity index (χ0) is 12.5. The smallest absolute Gasteiger partial charge is 0.255 e. The monoisotopic (exact) mass is 244 g/mol. The van der Waals surface area contributed by atoms with Gasteiger partial charge in [0.1, 0.15) is 0 Å². The van der Waals surface area contributed by atoms with E-state index in [2.05, 4.69) is 5.32 Å². The maximum absolute atomic E-state index is 12.5. The van der Waals surface area contributed by atoms with E-state index in [1.165, 1.54) is 19.3 Å². The van der Waals surface area contributed by atoms with Crippen molar-refractivity contribution < 1.29 is 4.79 Å². The van der Waals surface area contributed by atoms with E-state index < -0.39 is 0 Å². The number of carbonyl (C=O) groups excluding carboxylic acids is 1. The summed E-state index contributed by atoms with van der Waals surface area (Å²) in [6, 6.07) is 7.78. The first kappa shape index (κ1) is 11.6. The van der Waals surface area contributed by atoms with E-state index in [-0.39, 0.29) is 5.91 Å². The van der Waals surface area contributed by atoms with Crippen LogP contribution in [0.25, 0.3) is 0 Å². The summed E-state index contributed by atoms with van der Waals surface area (Å²) in [6.07, 6.45) is 3.97. The Morgan fingerprint density at radius 2 is 1.89 bits per heavy atom. The Morgan fingerprint density at radius 3 is 2.56 bits per heavy atom. The Balaban J connectivity index is 1.79. The molecule has 3 nitrogen and oxygen atoms in total. The first-order valence-corrected chi connectivity index (χ1v) is 6.85. The van der Waals surface area contributed by atoms with Gasteiger partial charge in [-0.25, -0.2) is 0 Å². The van der Waals surface area contributed by atoms with Crippen molar-refractivity contribution in [1.82, 2.24) is 4.90 Å². The lowest BCUT2D eigenvalue weighted by molar-refractivity contribution is 0.0781.